The molecular formula is C16H28N2. The fourth-order valence-corrected chi connectivity index (χ4v) is 2.40. The Hall–Kier alpha value is -0.860. The molecule has 0 saturated carbocycles. The molecule has 0 aromatic heterocycles. The minimum Gasteiger partial charge on any atom is -0.330 e. The highest BCUT2D eigenvalue weighted by Crippen LogP contribution is 2.23. The average molecular weight is 248 g/mol. The fraction of sp³-hybridized carbons (Fsp3) is 0.625. The van der Waals surface area contributed by atoms with Crippen molar-refractivity contribution >= 4 is 0 Å². The molecule has 0 aliphatic heterocycles. The van der Waals surface area contributed by atoms with E-state index < -0.39 is 0 Å². The highest BCUT2D eigenvalue weighted by molar-refractivity contribution is 5.43. The summed E-state index contributed by atoms with van der Waals surface area (Å²) in [6.07, 6.45) is 1.05. The minimum atomic E-state index is 0.537. The smallest absolute Gasteiger partial charge is 0.0238 e. The molecule has 1 aromatic rings. The predicted octanol–water partition coefficient (Wildman–Crippen LogP) is 3.09. The van der Waals surface area contributed by atoms with Gasteiger partial charge in [0.25, 0.3) is 0 Å². The molecular weight excluding hydrogens is 220 g/mol. The van der Waals surface area contributed by atoms with Crippen LogP contribution in [0.15, 0.2) is 6.07 Å². The molecule has 0 aliphatic rings. The first-order chi connectivity index (χ1) is 8.38. The van der Waals surface area contributed by atoms with E-state index in [0.29, 0.717) is 6.04 Å². The van der Waals surface area contributed by atoms with Gasteiger partial charge in [0.05, 0.1) is 0 Å². The Kier molecular flexibility index (Phi) is 5.36. The van der Waals surface area contributed by atoms with Gasteiger partial charge in [-0.2, -0.15) is 0 Å². The molecule has 0 bridgehead atoms. The zero-order chi connectivity index (χ0) is 13.9. The van der Waals surface area contributed by atoms with Gasteiger partial charge in [-0.05, 0) is 82.4 Å². The second-order valence-corrected chi connectivity index (χ2v) is 5.58. The number of benzene rings is 1. The second kappa shape index (κ2) is 6.35. The highest BCUT2D eigenvalue weighted by atomic mass is 15.1. The number of nitrogens with zero attached hydrogens (tertiary/aromatic N) is 1. The molecule has 0 amide bonds. The zero-order valence-corrected chi connectivity index (χ0v) is 12.8. The molecule has 2 heteroatoms. The SMILES string of the molecule is Cc1cc(C)c(C)c(CN(C)C(C)CCN)c1C. The van der Waals surface area contributed by atoms with Crippen LogP contribution in [0.1, 0.15) is 41.2 Å². The number of nitrogens with two attached hydrogens (primary N) is 1. The van der Waals surface area contributed by atoms with E-state index in [1.165, 1.54) is 27.8 Å². The summed E-state index contributed by atoms with van der Waals surface area (Å²) in [6.45, 7) is 12.9. The van der Waals surface area contributed by atoms with E-state index in [2.05, 4.69) is 52.6 Å². The van der Waals surface area contributed by atoms with Gasteiger partial charge >= 0.3 is 0 Å². The molecule has 0 spiro atoms. The zero-order valence-electron chi connectivity index (χ0n) is 12.8. The average Bonchev–Trinajstić information content (AvgIpc) is 2.32. The molecule has 1 aromatic carbocycles. The maximum Gasteiger partial charge on any atom is 0.0238 e. The number of aryl methyl sites for hydroxylation is 2. The number of hydrogen-bond acceptors (Lipinski definition) is 2. The summed E-state index contributed by atoms with van der Waals surface area (Å²) in [5.74, 6) is 0. The largest absolute Gasteiger partial charge is 0.330 e. The summed E-state index contributed by atoms with van der Waals surface area (Å²) in [5, 5.41) is 0. The molecule has 0 heterocycles. The third-order valence-electron chi connectivity index (χ3n) is 4.27. The van der Waals surface area contributed by atoms with Gasteiger partial charge in [0.15, 0.2) is 0 Å². The maximum atomic E-state index is 5.64. The molecule has 1 unspecified atom stereocenters. The van der Waals surface area contributed by atoms with E-state index in [-0.39, 0.29) is 0 Å². The maximum absolute atomic E-state index is 5.64. The molecule has 0 radical (unpaired) electrons. The van der Waals surface area contributed by atoms with Crippen LogP contribution in [-0.2, 0) is 6.54 Å². The lowest BCUT2D eigenvalue weighted by molar-refractivity contribution is 0.239. The normalized spacial score (nSPS) is 13.1. The molecule has 0 saturated heterocycles. The van der Waals surface area contributed by atoms with Gasteiger partial charge in [-0.25, -0.2) is 0 Å². The number of hydrogen-bond donors (Lipinski definition) is 1. The van der Waals surface area contributed by atoms with Crippen LogP contribution < -0.4 is 5.73 Å². The summed E-state index contributed by atoms with van der Waals surface area (Å²) in [4.78, 5) is 2.40. The van der Waals surface area contributed by atoms with Crippen molar-refractivity contribution in [2.45, 2.75) is 53.6 Å². The topological polar surface area (TPSA) is 29.3 Å². The number of rotatable bonds is 5. The monoisotopic (exact) mass is 248 g/mol. The first kappa shape index (κ1) is 15.2. The van der Waals surface area contributed by atoms with E-state index in [0.717, 1.165) is 19.5 Å². The molecule has 1 rings (SSSR count). The third-order valence-corrected chi connectivity index (χ3v) is 4.27. The molecule has 0 fully saturated rings. The first-order valence-corrected chi connectivity index (χ1v) is 6.85. The predicted molar refractivity (Wildman–Crippen MR) is 80.0 cm³/mol. The fourth-order valence-electron chi connectivity index (χ4n) is 2.40. The Morgan fingerprint density at radius 1 is 1.11 bits per heavy atom. The summed E-state index contributed by atoms with van der Waals surface area (Å²) in [5.41, 5.74) is 12.8. The quantitative estimate of drug-likeness (QED) is 0.867. The summed E-state index contributed by atoms with van der Waals surface area (Å²) >= 11 is 0. The Morgan fingerprint density at radius 2 is 1.61 bits per heavy atom. The van der Waals surface area contributed by atoms with Crippen LogP contribution in [0.3, 0.4) is 0 Å². The van der Waals surface area contributed by atoms with Crippen molar-refractivity contribution in [1.29, 1.82) is 0 Å². The lowest BCUT2D eigenvalue weighted by Gasteiger charge is -2.27. The molecule has 18 heavy (non-hydrogen) atoms. The summed E-state index contributed by atoms with van der Waals surface area (Å²) in [7, 11) is 2.19. The molecule has 1 atom stereocenters. The Labute approximate surface area is 112 Å². The van der Waals surface area contributed by atoms with E-state index in [9.17, 15) is 0 Å². The van der Waals surface area contributed by atoms with Crippen LogP contribution in [0.5, 0.6) is 0 Å². The Morgan fingerprint density at radius 3 is 2.06 bits per heavy atom. The van der Waals surface area contributed by atoms with Crippen LogP contribution in [0.25, 0.3) is 0 Å². The summed E-state index contributed by atoms with van der Waals surface area (Å²) < 4.78 is 0. The third kappa shape index (κ3) is 3.33. The van der Waals surface area contributed by atoms with E-state index in [1.54, 1.807) is 0 Å². The van der Waals surface area contributed by atoms with Crippen LogP contribution >= 0.6 is 0 Å². The van der Waals surface area contributed by atoms with Crippen molar-refractivity contribution < 1.29 is 0 Å². The molecule has 2 nitrogen and oxygen atoms in total. The van der Waals surface area contributed by atoms with Gasteiger partial charge in [0.1, 0.15) is 0 Å². The van der Waals surface area contributed by atoms with Gasteiger partial charge in [0.2, 0.25) is 0 Å². The minimum absolute atomic E-state index is 0.537. The Balaban J connectivity index is 2.97. The van der Waals surface area contributed by atoms with Gasteiger partial charge in [-0.15, -0.1) is 0 Å². The van der Waals surface area contributed by atoms with Crippen molar-refractivity contribution in [2.24, 2.45) is 5.73 Å². The van der Waals surface area contributed by atoms with Gasteiger partial charge in [-0.1, -0.05) is 6.07 Å². The van der Waals surface area contributed by atoms with Crippen molar-refractivity contribution in [3.05, 3.63) is 33.9 Å². The van der Waals surface area contributed by atoms with Crippen LogP contribution in [-0.4, -0.2) is 24.5 Å². The molecule has 0 aliphatic carbocycles. The lowest BCUT2D eigenvalue weighted by Crippen LogP contribution is -2.31. The van der Waals surface area contributed by atoms with E-state index in [1.807, 2.05) is 0 Å². The molecule has 2 N–H and O–H groups in total. The molecule has 102 valence electrons. The van der Waals surface area contributed by atoms with E-state index in [4.69, 9.17) is 5.73 Å². The van der Waals surface area contributed by atoms with Crippen LogP contribution in [0, 0.1) is 27.7 Å². The highest BCUT2D eigenvalue weighted by Gasteiger charge is 2.13. The lowest BCUT2D eigenvalue weighted by atomic mass is 9.93. The van der Waals surface area contributed by atoms with Crippen molar-refractivity contribution in [3.63, 3.8) is 0 Å². The van der Waals surface area contributed by atoms with Gasteiger partial charge < -0.3 is 5.73 Å². The van der Waals surface area contributed by atoms with Crippen LogP contribution in [0.2, 0.25) is 0 Å². The van der Waals surface area contributed by atoms with E-state index >= 15 is 0 Å². The second-order valence-electron chi connectivity index (χ2n) is 5.58. The van der Waals surface area contributed by atoms with Crippen molar-refractivity contribution in [2.75, 3.05) is 13.6 Å². The standard InChI is InChI=1S/C16H28N2/c1-11-9-12(2)15(5)16(14(11)4)10-18(6)13(3)7-8-17/h9,13H,7-8,10,17H2,1-6H3. The first-order valence-electron chi connectivity index (χ1n) is 6.85. The van der Waals surface area contributed by atoms with Crippen LogP contribution in [0.4, 0.5) is 0 Å². The van der Waals surface area contributed by atoms with Crippen molar-refractivity contribution in [1.82, 2.24) is 4.90 Å². The van der Waals surface area contributed by atoms with Gasteiger partial charge in [-0.3, -0.25) is 4.90 Å². The summed E-state index contributed by atoms with van der Waals surface area (Å²) in [6, 6.07) is 2.83. The van der Waals surface area contributed by atoms with Gasteiger partial charge in [0, 0.05) is 12.6 Å². The Bertz CT molecular complexity index is 384. The van der Waals surface area contributed by atoms with Crippen molar-refractivity contribution in [3.8, 4) is 0 Å².